The van der Waals surface area contributed by atoms with Gasteiger partial charge in [-0.3, -0.25) is 4.79 Å². The minimum atomic E-state index is -0.311. The van der Waals surface area contributed by atoms with Crippen molar-refractivity contribution in [1.29, 1.82) is 0 Å². The van der Waals surface area contributed by atoms with Crippen molar-refractivity contribution in [3.8, 4) is 0 Å². The smallest absolute Gasteiger partial charge is 0.275 e. The molecule has 6 heteroatoms. The van der Waals surface area contributed by atoms with E-state index in [1.54, 1.807) is 0 Å². The number of hydrazine groups is 1. The van der Waals surface area contributed by atoms with E-state index in [2.05, 4.69) is 41.5 Å². The fourth-order valence-corrected chi connectivity index (χ4v) is 1.77. The van der Waals surface area contributed by atoms with Crippen molar-refractivity contribution in [3.05, 3.63) is 47.9 Å². The van der Waals surface area contributed by atoms with E-state index in [9.17, 15) is 4.79 Å². The lowest BCUT2D eigenvalue weighted by molar-refractivity contribution is 0.102. The number of anilines is 2. The number of carbonyl (C=O) groups excluding carboxylic acids is 1. The zero-order valence-corrected chi connectivity index (χ0v) is 12.3. The number of hydrogen-bond donors (Lipinski definition) is 3. The molecule has 0 spiro atoms. The maximum absolute atomic E-state index is 12.0. The van der Waals surface area contributed by atoms with Crippen LogP contribution in [0.15, 0.2) is 36.7 Å². The van der Waals surface area contributed by atoms with Crippen LogP contribution in [0.4, 0.5) is 11.5 Å². The standard InChI is InChI=1S/C15H19N5O/c1-15(2,3)10-4-6-11(7-5-10)19-14(21)12-8-18-13(20-16)9-17-12/h4-9H,16H2,1-3H3,(H,18,20)(H,19,21). The second-order valence-electron chi connectivity index (χ2n) is 5.71. The van der Waals surface area contributed by atoms with Crippen LogP contribution in [0.2, 0.25) is 0 Å². The van der Waals surface area contributed by atoms with Crippen LogP contribution < -0.4 is 16.6 Å². The predicted octanol–water partition coefficient (Wildman–Crippen LogP) is 2.31. The van der Waals surface area contributed by atoms with E-state index in [4.69, 9.17) is 5.84 Å². The van der Waals surface area contributed by atoms with Crippen molar-refractivity contribution in [2.75, 3.05) is 10.7 Å². The molecule has 1 heterocycles. The molecule has 0 saturated heterocycles. The lowest BCUT2D eigenvalue weighted by Gasteiger charge is -2.19. The number of carbonyl (C=O) groups is 1. The number of amides is 1. The van der Waals surface area contributed by atoms with Gasteiger partial charge in [0.1, 0.15) is 5.69 Å². The fourth-order valence-electron chi connectivity index (χ4n) is 1.77. The van der Waals surface area contributed by atoms with Gasteiger partial charge in [0.05, 0.1) is 12.4 Å². The van der Waals surface area contributed by atoms with E-state index >= 15 is 0 Å². The highest BCUT2D eigenvalue weighted by atomic mass is 16.1. The SMILES string of the molecule is CC(C)(C)c1ccc(NC(=O)c2cnc(NN)cn2)cc1. The van der Waals surface area contributed by atoms with Gasteiger partial charge in [-0.2, -0.15) is 0 Å². The van der Waals surface area contributed by atoms with Crippen LogP contribution in [0, 0.1) is 0 Å². The highest BCUT2D eigenvalue weighted by molar-refractivity contribution is 6.02. The van der Waals surface area contributed by atoms with Crippen LogP contribution in [0.3, 0.4) is 0 Å². The number of nitrogens with one attached hydrogen (secondary N) is 2. The summed E-state index contributed by atoms with van der Waals surface area (Å²) in [4.78, 5) is 20.0. The summed E-state index contributed by atoms with van der Waals surface area (Å²) >= 11 is 0. The Kier molecular flexibility index (Phi) is 4.18. The molecule has 1 aromatic heterocycles. The molecular weight excluding hydrogens is 266 g/mol. The molecular formula is C15H19N5O. The van der Waals surface area contributed by atoms with Crippen LogP contribution in [0.5, 0.6) is 0 Å². The average molecular weight is 285 g/mol. The van der Waals surface area contributed by atoms with Crippen molar-refractivity contribution in [2.45, 2.75) is 26.2 Å². The number of benzene rings is 1. The summed E-state index contributed by atoms with van der Waals surface area (Å²) in [7, 11) is 0. The molecule has 110 valence electrons. The fraction of sp³-hybridized carbons (Fsp3) is 0.267. The van der Waals surface area contributed by atoms with Crippen molar-refractivity contribution in [2.24, 2.45) is 5.84 Å². The molecule has 6 nitrogen and oxygen atoms in total. The van der Waals surface area contributed by atoms with Gasteiger partial charge in [-0.25, -0.2) is 15.8 Å². The first-order valence-electron chi connectivity index (χ1n) is 6.61. The first-order valence-corrected chi connectivity index (χ1v) is 6.61. The molecule has 2 rings (SSSR count). The Morgan fingerprint density at radius 3 is 2.24 bits per heavy atom. The summed E-state index contributed by atoms with van der Waals surface area (Å²) < 4.78 is 0. The quantitative estimate of drug-likeness (QED) is 0.594. The summed E-state index contributed by atoms with van der Waals surface area (Å²) in [6.07, 6.45) is 2.77. The van der Waals surface area contributed by atoms with Crippen molar-refractivity contribution in [3.63, 3.8) is 0 Å². The topological polar surface area (TPSA) is 92.9 Å². The highest BCUT2D eigenvalue weighted by Gasteiger charge is 2.13. The maximum Gasteiger partial charge on any atom is 0.275 e. The molecule has 0 bridgehead atoms. The minimum Gasteiger partial charge on any atom is -0.321 e. The highest BCUT2D eigenvalue weighted by Crippen LogP contribution is 2.23. The Bertz CT molecular complexity index is 614. The monoisotopic (exact) mass is 285 g/mol. The number of aromatic nitrogens is 2. The van der Waals surface area contributed by atoms with Crippen LogP contribution in [0.25, 0.3) is 0 Å². The lowest BCUT2D eigenvalue weighted by atomic mass is 9.87. The van der Waals surface area contributed by atoms with Crippen LogP contribution >= 0.6 is 0 Å². The normalized spacial score (nSPS) is 11.0. The van der Waals surface area contributed by atoms with Gasteiger partial charge in [0.2, 0.25) is 0 Å². The molecule has 0 atom stereocenters. The first kappa shape index (κ1) is 14.9. The molecule has 0 aliphatic carbocycles. The van der Waals surface area contributed by atoms with E-state index in [-0.39, 0.29) is 17.0 Å². The molecule has 0 aliphatic heterocycles. The number of hydrogen-bond acceptors (Lipinski definition) is 5. The predicted molar refractivity (Wildman–Crippen MR) is 82.9 cm³/mol. The Hall–Kier alpha value is -2.47. The number of rotatable bonds is 3. The minimum absolute atomic E-state index is 0.0824. The Balaban J connectivity index is 2.08. The third-order valence-corrected chi connectivity index (χ3v) is 3.04. The third kappa shape index (κ3) is 3.76. The third-order valence-electron chi connectivity index (χ3n) is 3.04. The van der Waals surface area contributed by atoms with Crippen LogP contribution in [0.1, 0.15) is 36.8 Å². The summed E-state index contributed by atoms with van der Waals surface area (Å²) in [5.41, 5.74) is 4.60. The summed E-state index contributed by atoms with van der Waals surface area (Å²) in [6, 6.07) is 7.76. The molecule has 1 aromatic carbocycles. The van der Waals surface area contributed by atoms with Gasteiger partial charge in [0.15, 0.2) is 5.82 Å². The molecule has 0 aliphatic rings. The molecule has 0 unspecified atom stereocenters. The van der Waals surface area contributed by atoms with Gasteiger partial charge in [0, 0.05) is 5.69 Å². The summed E-state index contributed by atoms with van der Waals surface area (Å²) in [5.74, 6) is 5.29. The van der Waals surface area contributed by atoms with E-state index in [1.807, 2.05) is 24.3 Å². The molecule has 4 N–H and O–H groups in total. The summed E-state index contributed by atoms with van der Waals surface area (Å²) in [5, 5.41) is 2.78. The van der Waals surface area contributed by atoms with E-state index < -0.39 is 0 Å². The summed E-state index contributed by atoms with van der Waals surface area (Å²) in [6.45, 7) is 6.43. The van der Waals surface area contributed by atoms with Gasteiger partial charge in [-0.05, 0) is 23.1 Å². The largest absolute Gasteiger partial charge is 0.321 e. The second kappa shape index (κ2) is 5.88. The van der Waals surface area contributed by atoms with Gasteiger partial charge in [-0.15, -0.1) is 0 Å². The van der Waals surface area contributed by atoms with Crippen LogP contribution in [-0.4, -0.2) is 15.9 Å². The maximum atomic E-state index is 12.0. The van der Waals surface area contributed by atoms with Gasteiger partial charge in [-0.1, -0.05) is 32.9 Å². The van der Waals surface area contributed by atoms with E-state index in [0.29, 0.717) is 5.82 Å². The first-order chi connectivity index (χ1) is 9.90. The number of nitrogens with two attached hydrogens (primary N) is 1. The molecule has 1 amide bonds. The zero-order chi connectivity index (χ0) is 15.5. The molecule has 0 radical (unpaired) electrons. The number of nitrogen functional groups attached to an aromatic ring is 1. The van der Waals surface area contributed by atoms with Crippen molar-refractivity contribution >= 4 is 17.4 Å². The van der Waals surface area contributed by atoms with Crippen LogP contribution in [-0.2, 0) is 5.41 Å². The Morgan fingerprint density at radius 2 is 1.76 bits per heavy atom. The van der Waals surface area contributed by atoms with E-state index in [1.165, 1.54) is 18.0 Å². The van der Waals surface area contributed by atoms with Gasteiger partial charge in [0.25, 0.3) is 5.91 Å². The molecule has 21 heavy (non-hydrogen) atoms. The van der Waals surface area contributed by atoms with E-state index in [0.717, 1.165) is 5.69 Å². The molecule has 0 saturated carbocycles. The average Bonchev–Trinajstić information content (AvgIpc) is 2.47. The van der Waals surface area contributed by atoms with Crippen molar-refractivity contribution in [1.82, 2.24) is 9.97 Å². The Labute approximate surface area is 123 Å². The Morgan fingerprint density at radius 1 is 1.10 bits per heavy atom. The molecule has 2 aromatic rings. The van der Waals surface area contributed by atoms with Gasteiger partial charge >= 0.3 is 0 Å². The zero-order valence-electron chi connectivity index (χ0n) is 12.3. The second-order valence-corrected chi connectivity index (χ2v) is 5.71. The van der Waals surface area contributed by atoms with Crippen molar-refractivity contribution < 1.29 is 4.79 Å². The number of nitrogens with zero attached hydrogens (tertiary/aromatic N) is 2. The van der Waals surface area contributed by atoms with Gasteiger partial charge < -0.3 is 10.7 Å². The lowest BCUT2D eigenvalue weighted by Crippen LogP contribution is -2.16. The molecule has 0 fully saturated rings.